The quantitative estimate of drug-likeness (QED) is 0.840. The lowest BCUT2D eigenvalue weighted by Crippen LogP contribution is -2.49. The topological polar surface area (TPSA) is 95.8 Å². The number of carbonyl (C=O) groups excluding carboxylic acids is 1. The summed E-state index contributed by atoms with van der Waals surface area (Å²) in [7, 11) is -3.65. The van der Waals surface area contributed by atoms with E-state index in [1.165, 1.54) is 4.31 Å². The van der Waals surface area contributed by atoms with E-state index in [0.29, 0.717) is 44.1 Å². The molecule has 0 aliphatic carbocycles. The highest BCUT2D eigenvalue weighted by Gasteiger charge is 2.34. The maximum Gasteiger partial charge on any atom is 0.248 e. The first kappa shape index (κ1) is 18.3. The second-order valence-corrected chi connectivity index (χ2v) is 8.61. The van der Waals surface area contributed by atoms with Gasteiger partial charge in [-0.3, -0.25) is 4.79 Å². The Labute approximate surface area is 148 Å². The van der Waals surface area contributed by atoms with E-state index < -0.39 is 10.0 Å². The molecular formula is C16H26N4O4S. The Morgan fingerprint density at radius 3 is 2.60 bits per heavy atom. The van der Waals surface area contributed by atoms with Gasteiger partial charge >= 0.3 is 0 Å². The molecule has 2 aliphatic heterocycles. The third-order valence-electron chi connectivity index (χ3n) is 4.94. The number of piperidine rings is 1. The van der Waals surface area contributed by atoms with Crippen LogP contribution >= 0.6 is 0 Å². The Balaban J connectivity index is 1.70. The first-order valence-electron chi connectivity index (χ1n) is 8.86. The first-order valence-corrected chi connectivity index (χ1v) is 10.3. The molecule has 1 amide bonds. The lowest BCUT2D eigenvalue weighted by atomic mass is 10.0. The number of rotatable bonds is 3. The molecule has 0 spiro atoms. The van der Waals surface area contributed by atoms with Crippen molar-refractivity contribution in [3.05, 3.63) is 11.5 Å². The Morgan fingerprint density at radius 2 is 1.96 bits per heavy atom. The van der Waals surface area contributed by atoms with Crippen molar-refractivity contribution >= 4 is 15.9 Å². The average molecular weight is 370 g/mol. The number of nitrogens with zero attached hydrogens (tertiary/aromatic N) is 3. The standard InChI is InChI=1S/C16H26N4O4S/c1-12-15(13(2)24-18-12)25(22,23)20-9-5-8-19(10-11-20)16(21)14-6-3-4-7-17-14/h14,17H,3-11H2,1-2H3. The van der Waals surface area contributed by atoms with E-state index in [1.807, 2.05) is 0 Å². The van der Waals surface area contributed by atoms with Crippen LogP contribution in [0.3, 0.4) is 0 Å². The minimum atomic E-state index is -3.65. The normalized spacial score (nSPS) is 23.4. The van der Waals surface area contributed by atoms with Gasteiger partial charge in [0.1, 0.15) is 10.6 Å². The molecule has 25 heavy (non-hydrogen) atoms. The van der Waals surface area contributed by atoms with Crippen LogP contribution in [0.2, 0.25) is 0 Å². The number of hydrogen-bond acceptors (Lipinski definition) is 6. The van der Waals surface area contributed by atoms with Crippen LogP contribution in [0.25, 0.3) is 0 Å². The third-order valence-corrected chi connectivity index (χ3v) is 7.08. The smallest absolute Gasteiger partial charge is 0.248 e. The van der Waals surface area contributed by atoms with E-state index in [4.69, 9.17) is 4.52 Å². The van der Waals surface area contributed by atoms with Crippen LogP contribution in [-0.4, -0.2) is 67.5 Å². The van der Waals surface area contributed by atoms with Crippen LogP contribution in [0.15, 0.2) is 9.42 Å². The first-order chi connectivity index (χ1) is 11.9. The van der Waals surface area contributed by atoms with E-state index >= 15 is 0 Å². The fourth-order valence-corrected chi connectivity index (χ4v) is 5.37. The number of carbonyl (C=O) groups is 1. The van der Waals surface area contributed by atoms with Gasteiger partial charge in [0.15, 0.2) is 5.76 Å². The number of sulfonamides is 1. The highest BCUT2D eigenvalue weighted by atomic mass is 32.2. The largest absolute Gasteiger partial charge is 0.360 e. The van der Waals surface area contributed by atoms with Crippen LogP contribution in [0.5, 0.6) is 0 Å². The van der Waals surface area contributed by atoms with Crippen molar-refractivity contribution < 1.29 is 17.7 Å². The number of nitrogens with one attached hydrogen (secondary N) is 1. The van der Waals surface area contributed by atoms with Crippen molar-refractivity contribution in [3.63, 3.8) is 0 Å². The van der Waals surface area contributed by atoms with Crippen molar-refractivity contribution in [2.75, 3.05) is 32.7 Å². The fourth-order valence-electron chi connectivity index (χ4n) is 3.61. The van der Waals surface area contributed by atoms with Gasteiger partial charge in [0.2, 0.25) is 15.9 Å². The zero-order valence-electron chi connectivity index (χ0n) is 14.8. The summed E-state index contributed by atoms with van der Waals surface area (Å²) in [5, 5.41) is 7.02. The maximum atomic E-state index is 12.9. The molecule has 2 aliphatic rings. The van der Waals surface area contributed by atoms with Crippen LogP contribution in [0.1, 0.15) is 37.1 Å². The summed E-state index contributed by atoms with van der Waals surface area (Å²) in [5.74, 6) is 0.400. The number of hydrogen-bond donors (Lipinski definition) is 1. The fraction of sp³-hybridized carbons (Fsp3) is 0.750. The lowest BCUT2D eigenvalue weighted by molar-refractivity contribution is -0.133. The maximum absolute atomic E-state index is 12.9. The molecule has 0 aromatic carbocycles. The summed E-state index contributed by atoms with van der Waals surface area (Å²) in [6, 6.07) is -0.125. The van der Waals surface area contributed by atoms with E-state index in [9.17, 15) is 13.2 Å². The van der Waals surface area contributed by atoms with Gasteiger partial charge in [0.25, 0.3) is 0 Å². The zero-order chi connectivity index (χ0) is 18.0. The number of aromatic nitrogens is 1. The van der Waals surface area contributed by atoms with Crippen LogP contribution in [0.4, 0.5) is 0 Å². The minimum absolute atomic E-state index is 0.0938. The average Bonchev–Trinajstić information content (AvgIpc) is 2.81. The monoisotopic (exact) mass is 370 g/mol. The molecule has 1 atom stereocenters. The van der Waals surface area contributed by atoms with Crippen molar-refractivity contribution in [1.82, 2.24) is 19.7 Å². The van der Waals surface area contributed by atoms with Gasteiger partial charge < -0.3 is 14.7 Å². The molecule has 8 nitrogen and oxygen atoms in total. The molecule has 3 rings (SSSR count). The van der Waals surface area contributed by atoms with Gasteiger partial charge in [-0.05, 0) is 39.7 Å². The molecule has 3 heterocycles. The molecule has 9 heteroatoms. The summed E-state index contributed by atoms with van der Waals surface area (Å²) in [6.45, 7) is 5.81. The molecule has 1 unspecified atom stereocenters. The van der Waals surface area contributed by atoms with E-state index in [2.05, 4.69) is 10.5 Å². The second-order valence-electron chi connectivity index (χ2n) is 6.74. The summed E-state index contributed by atoms with van der Waals surface area (Å²) >= 11 is 0. The summed E-state index contributed by atoms with van der Waals surface area (Å²) < 4.78 is 32.3. The lowest BCUT2D eigenvalue weighted by Gasteiger charge is -2.29. The van der Waals surface area contributed by atoms with Crippen molar-refractivity contribution in [1.29, 1.82) is 0 Å². The van der Waals surface area contributed by atoms with Gasteiger partial charge in [0.05, 0.1) is 6.04 Å². The molecule has 0 radical (unpaired) electrons. The Bertz CT molecular complexity index is 705. The van der Waals surface area contributed by atoms with Crippen molar-refractivity contribution in [3.8, 4) is 0 Å². The highest BCUT2D eigenvalue weighted by molar-refractivity contribution is 7.89. The predicted molar refractivity (Wildman–Crippen MR) is 91.6 cm³/mol. The number of amides is 1. The Hall–Kier alpha value is -1.45. The van der Waals surface area contributed by atoms with Crippen LogP contribution in [-0.2, 0) is 14.8 Å². The molecule has 140 valence electrons. The van der Waals surface area contributed by atoms with Crippen molar-refractivity contribution in [2.24, 2.45) is 0 Å². The summed E-state index contributed by atoms with van der Waals surface area (Å²) in [4.78, 5) is 14.6. The summed E-state index contributed by atoms with van der Waals surface area (Å²) in [5.41, 5.74) is 0.376. The molecule has 2 saturated heterocycles. The third kappa shape index (κ3) is 3.73. The van der Waals surface area contributed by atoms with Gasteiger partial charge in [-0.1, -0.05) is 11.6 Å². The van der Waals surface area contributed by atoms with Crippen molar-refractivity contribution in [2.45, 2.75) is 50.5 Å². The Morgan fingerprint density at radius 1 is 1.16 bits per heavy atom. The molecular weight excluding hydrogens is 344 g/mol. The van der Waals surface area contributed by atoms with Gasteiger partial charge in [-0.2, -0.15) is 4.31 Å². The molecule has 2 fully saturated rings. The number of aryl methyl sites for hydroxylation is 2. The van der Waals surface area contributed by atoms with E-state index in [-0.39, 0.29) is 16.8 Å². The minimum Gasteiger partial charge on any atom is -0.360 e. The molecule has 0 saturated carbocycles. The summed E-state index contributed by atoms with van der Waals surface area (Å²) in [6.07, 6.45) is 3.65. The molecule has 1 aromatic rings. The van der Waals surface area contributed by atoms with Gasteiger partial charge in [0, 0.05) is 26.2 Å². The van der Waals surface area contributed by atoms with Gasteiger partial charge in [-0.25, -0.2) is 8.42 Å². The van der Waals surface area contributed by atoms with Crippen LogP contribution in [0, 0.1) is 13.8 Å². The highest BCUT2D eigenvalue weighted by Crippen LogP contribution is 2.24. The predicted octanol–water partition coefficient (Wildman–Crippen LogP) is 0.657. The van der Waals surface area contributed by atoms with E-state index in [1.54, 1.807) is 18.7 Å². The van der Waals surface area contributed by atoms with E-state index in [0.717, 1.165) is 25.8 Å². The second kappa shape index (κ2) is 7.43. The van der Waals surface area contributed by atoms with Gasteiger partial charge in [-0.15, -0.1) is 0 Å². The molecule has 1 aromatic heterocycles. The SMILES string of the molecule is Cc1noc(C)c1S(=O)(=O)N1CCCN(C(=O)C2CCCCN2)CC1. The van der Waals surface area contributed by atoms with Crippen LogP contribution < -0.4 is 5.32 Å². The molecule has 1 N–H and O–H groups in total. The molecule has 0 bridgehead atoms. The zero-order valence-corrected chi connectivity index (χ0v) is 15.6. The Kier molecular flexibility index (Phi) is 5.45.